The fourth-order valence-corrected chi connectivity index (χ4v) is 6.45. The van der Waals surface area contributed by atoms with E-state index in [4.69, 9.17) is 4.98 Å². The number of hydrogen-bond donors (Lipinski definition) is 1. The highest BCUT2D eigenvalue weighted by Crippen LogP contribution is 2.45. The second-order valence-electron chi connectivity index (χ2n) is 7.92. The molecule has 1 N–H and O–H groups in total. The zero-order valence-corrected chi connectivity index (χ0v) is 19.4. The van der Waals surface area contributed by atoms with Gasteiger partial charge in [0.15, 0.2) is 0 Å². The van der Waals surface area contributed by atoms with Crippen LogP contribution in [0.2, 0.25) is 0 Å². The number of fused-ring (bicyclic) bond motifs is 2. The van der Waals surface area contributed by atoms with Gasteiger partial charge < -0.3 is 10.2 Å². The molecule has 2 aromatic carbocycles. The molecule has 1 aliphatic rings. The van der Waals surface area contributed by atoms with Crippen molar-refractivity contribution < 1.29 is 9.59 Å². The highest BCUT2D eigenvalue weighted by atomic mass is 32.1. The molecule has 0 saturated heterocycles. The molecule has 0 fully saturated rings. The molecular weight excluding hydrogens is 438 g/mol. The van der Waals surface area contributed by atoms with E-state index in [0.29, 0.717) is 25.9 Å². The van der Waals surface area contributed by atoms with E-state index in [1.54, 1.807) is 29.6 Å². The smallest absolute Gasteiger partial charge is 0.225 e. The first kappa shape index (κ1) is 20.8. The maximum Gasteiger partial charge on any atom is 0.225 e. The van der Waals surface area contributed by atoms with Crippen LogP contribution in [0.3, 0.4) is 0 Å². The van der Waals surface area contributed by atoms with E-state index in [1.807, 2.05) is 53.4 Å². The lowest BCUT2D eigenvalue weighted by atomic mass is 10.0. The van der Waals surface area contributed by atoms with Crippen molar-refractivity contribution in [2.45, 2.75) is 32.7 Å². The number of hydrogen-bond acceptors (Lipinski definition) is 5. The van der Waals surface area contributed by atoms with Gasteiger partial charge >= 0.3 is 0 Å². The molecule has 0 atom stereocenters. The predicted molar refractivity (Wildman–Crippen MR) is 131 cm³/mol. The molecular formula is C25H23N3O2S2. The van der Waals surface area contributed by atoms with Gasteiger partial charge in [-0.05, 0) is 36.1 Å². The molecule has 4 aromatic rings. The highest BCUT2D eigenvalue weighted by molar-refractivity contribution is 7.22. The number of carbonyl (C=O) groups excluding carboxylic acids is 2. The van der Waals surface area contributed by atoms with Crippen LogP contribution in [0.25, 0.3) is 20.8 Å². The minimum absolute atomic E-state index is 0.00163. The maximum absolute atomic E-state index is 12.8. The van der Waals surface area contributed by atoms with Gasteiger partial charge in [0.1, 0.15) is 10.0 Å². The number of aromatic nitrogens is 1. The zero-order chi connectivity index (χ0) is 22.1. The van der Waals surface area contributed by atoms with E-state index in [9.17, 15) is 9.59 Å². The lowest BCUT2D eigenvalue weighted by Gasteiger charge is -2.26. The largest absolute Gasteiger partial charge is 0.337 e. The zero-order valence-electron chi connectivity index (χ0n) is 17.8. The van der Waals surface area contributed by atoms with Gasteiger partial charge in [0.25, 0.3) is 0 Å². The molecule has 5 rings (SSSR count). The molecule has 0 spiro atoms. The Morgan fingerprint density at radius 1 is 1.06 bits per heavy atom. The van der Waals surface area contributed by atoms with Crippen molar-refractivity contribution in [2.75, 3.05) is 11.9 Å². The Morgan fingerprint density at radius 3 is 2.62 bits per heavy atom. The first-order valence-corrected chi connectivity index (χ1v) is 12.3. The minimum atomic E-state index is -0.00163. The summed E-state index contributed by atoms with van der Waals surface area (Å²) in [4.78, 5) is 32.7. The molecule has 0 bridgehead atoms. The Hall–Kier alpha value is -3.03. The van der Waals surface area contributed by atoms with Crippen LogP contribution in [0.15, 0.2) is 54.6 Å². The lowest BCUT2D eigenvalue weighted by molar-refractivity contribution is -0.129. The number of carbonyl (C=O) groups is 2. The Bertz CT molecular complexity index is 1260. The number of nitrogens with one attached hydrogen (secondary N) is 1. The summed E-state index contributed by atoms with van der Waals surface area (Å²) in [5, 5.41) is 4.94. The normalized spacial score (nSPS) is 13.2. The number of nitrogens with zero attached hydrogens (tertiary/aromatic N) is 2. The first-order valence-electron chi connectivity index (χ1n) is 10.7. The van der Waals surface area contributed by atoms with Gasteiger partial charge in [-0.15, -0.1) is 22.7 Å². The van der Waals surface area contributed by atoms with E-state index in [2.05, 4.69) is 11.4 Å². The molecule has 3 heterocycles. The van der Waals surface area contributed by atoms with Crippen LogP contribution < -0.4 is 5.32 Å². The van der Waals surface area contributed by atoms with Gasteiger partial charge in [0.2, 0.25) is 11.8 Å². The van der Waals surface area contributed by atoms with Crippen molar-refractivity contribution in [3.05, 3.63) is 70.6 Å². The van der Waals surface area contributed by atoms with Crippen LogP contribution in [0, 0.1) is 0 Å². The molecule has 2 amide bonds. The summed E-state index contributed by atoms with van der Waals surface area (Å²) in [6.07, 6.45) is 1.90. The summed E-state index contributed by atoms with van der Waals surface area (Å²) in [5.74, 6) is 0.0808. The van der Waals surface area contributed by atoms with Gasteiger partial charge in [-0.3, -0.25) is 9.59 Å². The van der Waals surface area contributed by atoms with Gasteiger partial charge in [-0.2, -0.15) is 0 Å². The van der Waals surface area contributed by atoms with Crippen molar-refractivity contribution in [3.8, 4) is 10.6 Å². The van der Waals surface area contributed by atoms with Crippen molar-refractivity contribution >= 4 is 49.7 Å². The molecule has 162 valence electrons. The topological polar surface area (TPSA) is 62.3 Å². The number of thiophene rings is 1. The van der Waals surface area contributed by atoms with Crippen molar-refractivity contribution in [1.29, 1.82) is 0 Å². The number of aryl methyl sites for hydroxylation is 1. The number of para-hydroxylation sites is 1. The third-order valence-corrected chi connectivity index (χ3v) is 7.93. The highest BCUT2D eigenvalue weighted by Gasteiger charge is 2.28. The first-order chi connectivity index (χ1) is 15.6. The Morgan fingerprint density at radius 2 is 1.84 bits per heavy atom. The third-order valence-electron chi connectivity index (χ3n) is 5.75. The van der Waals surface area contributed by atoms with Crippen LogP contribution >= 0.6 is 22.7 Å². The summed E-state index contributed by atoms with van der Waals surface area (Å²) in [7, 11) is 0. The molecule has 0 saturated carbocycles. The van der Waals surface area contributed by atoms with Crippen LogP contribution in [0.4, 0.5) is 5.00 Å². The van der Waals surface area contributed by atoms with E-state index in [1.165, 1.54) is 5.56 Å². The number of anilines is 1. The monoisotopic (exact) mass is 461 g/mol. The van der Waals surface area contributed by atoms with Gasteiger partial charge in [0.05, 0.1) is 16.8 Å². The number of benzene rings is 2. The van der Waals surface area contributed by atoms with Crippen molar-refractivity contribution in [1.82, 2.24) is 9.88 Å². The van der Waals surface area contributed by atoms with E-state index in [-0.39, 0.29) is 11.8 Å². The lowest BCUT2D eigenvalue weighted by Crippen LogP contribution is -2.33. The summed E-state index contributed by atoms with van der Waals surface area (Å²) >= 11 is 3.23. The van der Waals surface area contributed by atoms with E-state index >= 15 is 0 Å². The van der Waals surface area contributed by atoms with Crippen molar-refractivity contribution in [3.63, 3.8) is 0 Å². The maximum atomic E-state index is 12.8. The molecule has 7 heteroatoms. The van der Waals surface area contributed by atoms with Crippen LogP contribution in [0.1, 0.15) is 29.3 Å². The average Bonchev–Trinajstić information content (AvgIpc) is 3.38. The van der Waals surface area contributed by atoms with Crippen LogP contribution in [0.5, 0.6) is 0 Å². The quantitative estimate of drug-likeness (QED) is 0.427. The number of rotatable bonds is 5. The van der Waals surface area contributed by atoms with Crippen LogP contribution in [-0.4, -0.2) is 28.2 Å². The van der Waals surface area contributed by atoms with Gasteiger partial charge in [0, 0.05) is 30.3 Å². The summed E-state index contributed by atoms with van der Waals surface area (Å²) in [6.45, 7) is 2.89. The molecule has 0 radical (unpaired) electrons. The fraction of sp³-hybridized carbons (Fsp3) is 0.240. The van der Waals surface area contributed by atoms with Crippen molar-refractivity contribution in [2.24, 2.45) is 0 Å². The van der Waals surface area contributed by atoms with Gasteiger partial charge in [-0.1, -0.05) is 42.5 Å². The summed E-state index contributed by atoms with van der Waals surface area (Å²) in [6, 6.07) is 18.2. The molecule has 0 aliphatic carbocycles. The molecule has 0 unspecified atom stereocenters. The molecule has 5 nitrogen and oxygen atoms in total. The number of thiazole rings is 1. The van der Waals surface area contributed by atoms with E-state index in [0.717, 1.165) is 42.7 Å². The third kappa shape index (κ3) is 4.18. The Balaban J connectivity index is 1.47. The molecule has 2 aromatic heterocycles. The van der Waals surface area contributed by atoms with Crippen LogP contribution in [-0.2, 0) is 29.0 Å². The second kappa shape index (κ2) is 8.84. The molecule has 32 heavy (non-hydrogen) atoms. The second-order valence-corrected chi connectivity index (χ2v) is 10.1. The fourth-order valence-electron chi connectivity index (χ4n) is 4.06. The standard InChI is InChI=1S/C25H23N3O2S2/c1-16(29)28-14-13-18-21(15-28)32-25(27-22(30)12-11-17-7-3-2-4-8-17)23(18)24-26-19-9-5-6-10-20(19)31-24/h2-10H,11-15H2,1H3,(H,27,30). The SMILES string of the molecule is CC(=O)N1CCc2c(sc(NC(=O)CCc3ccccc3)c2-c2nc3ccccc3s2)C1. The summed E-state index contributed by atoms with van der Waals surface area (Å²) in [5.41, 5.74) is 4.36. The predicted octanol–water partition coefficient (Wildman–Crippen LogP) is 5.50. The summed E-state index contributed by atoms with van der Waals surface area (Å²) < 4.78 is 1.13. The van der Waals surface area contributed by atoms with E-state index < -0.39 is 0 Å². The Labute approximate surface area is 194 Å². The average molecular weight is 462 g/mol. The van der Waals surface area contributed by atoms with Gasteiger partial charge in [-0.25, -0.2) is 4.98 Å². The number of amides is 2. The minimum Gasteiger partial charge on any atom is -0.337 e. The Kier molecular flexibility index (Phi) is 5.76. The molecule has 1 aliphatic heterocycles.